The van der Waals surface area contributed by atoms with Crippen LogP contribution in [0.15, 0.2) is 53.4 Å². The summed E-state index contributed by atoms with van der Waals surface area (Å²) in [6, 6.07) is 15.5. The third kappa shape index (κ3) is 4.41. The maximum atomic E-state index is 5.72. The molecule has 0 saturated heterocycles. The zero-order valence-corrected chi connectivity index (χ0v) is 11.7. The van der Waals surface area contributed by atoms with Crippen LogP contribution in [0.2, 0.25) is 0 Å². The summed E-state index contributed by atoms with van der Waals surface area (Å²) in [6.07, 6.45) is 0. The molecule has 0 aliphatic carbocycles. The number of hydrogen-bond donors (Lipinski definition) is 1. The van der Waals surface area contributed by atoms with E-state index >= 15 is 0 Å². The molecule has 0 heterocycles. The Kier molecular flexibility index (Phi) is 4.98. The smallest absolute Gasteiger partial charge is 0.119 e. The Bertz CT molecular complexity index is 514. The van der Waals surface area contributed by atoms with Gasteiger partial charge in [-0.15, -0.1) is 11.8 Å². The van der Waals surface area contributed by atoms with Crippen molar-refractivity contribution < 1.29 is 9.47 Å². The highest BCUT2D eigenvalue weighted by atomic mass is 32.2. The second kappa shape index (κ2) is 6.95. The molecule has 2 rings (SSSR count). The highest BCUT2D eigenvalue weighted by molar-refractivity contribution is 7.99. The summed E-state index contributed by atoms with van der Waals surface area (Å²) in [5, 5.41) is 0. The van der Waals surface area contributed by atoms with Crippen molar-refractivity contribution >= 4 is 17.4 Å². The zero-order chi connectivity index (χ0) is 13.5. The first kappa shape index (κ1) is 13.6. The Labute approximate surface area is 117 Å². The Morgan fingerprint density at radius 1 is 1.05 bits per heavy atom. The largest absolute Gasteiger partial charge is 0.497 e. The number of benzene rings is 2. The van der Waals surface area contributed by atoms with Crippen LogP contribution in [0.3, 0.4) is 0 Å². The summed E-state index contributed by atoms with van der Waals surface area (Å²) in [7, 11) is 1.65. The monoisotopic (exact) mass is 275 g/mol. The summed E-state index contributed by atoms with van der Waals surface area (Å²) in [5.74, 6) is 2.57. The molecule has 0 aliphatic rings. The molecule has 0 amide bonds. The van der Waals surface area contributed by atoms with Gasteiger partial charge < -0.3 is 15.2 Å². The summed E-state index contributed by atoms with van der Waals surface area (Å²) < 4.78 is 10.7. The minimum Gasteiger partial charge on any atom is -0.497 e. The lowest BCUT2D eigenvalue weighted by Gasteiger charge is -2.07. The molecule has 0 saturated carbocycles. The summed E-state index contributed by atoms with van der Waals surface area (Å²) in [5.41, 5.74) is 6.52. The van der Waals surface area contributed by atoms with Gasteiger partial charge in [-0.1, -0.05) is 6.07 Å². The van der Waals surface area contributed by atoms with E-state index < -0.39 is 0 Å². The second-order valence-electron chi connectivity index (χ2n) is 3.94. The molecule has 0 aliphatic heterocycles. The maximum Gasteiger partial charge on any atom is 0.119 e. The third-order valence-electron chi connectivity index (χ3n) is 2.54. The van der Waals surface area contributed by atoms with E-state index in [1.54, 1.807) is 18.9 Å². The average Bonchev–Trinajstić information content (AvgIpc) is 2.44. The molecule has 100 valence electrons. The van der Waals surface area contributed by atoms with Gasteiger partial charge in [-0.3, -0.25) is 0 Å². The molecule has 19 heavy (non-hydrogen) atoms. The molecule has 0 fully saturated rings. The predicted molar refractivity (Wildman–Crippen MR) is 80.1 cm³/mol. The minimum absolute atomic E-state index is 0.659. The Morgan fingerprint density at radius 2 is 1.79 bits per heavy atom. The van der Waals surface area contributed by atoms with Crippen molar-refractivity contribution in [3.05, 3.63) is 48.5 Å². The minimum atomic E-state index is 0.659. The van der Waals surface area contributed by atoms with Crippen molar-refractivity contribution in [2.24, 2.45) is 0 Å². The summed E-state index contributed by atoms with van der Waals surface area (Å²) in [4.78, 5) is 1.17. The first-order valence-corrected chi connectivity index (χ1v) is 7.01. The molecule has 2 aromatic rings. The Hall–Kier alpha value is -1.81. The fourth-order valence-electron chi connectivity index (χ4n) is 1.60. The van der Waals surface area contributed by atoms with Crippen molar-refractivity contribution in [1.82, 2.24) is 0 Å². The number of ether oxygens (including phenoxy) is 2. The fourth-order valence-corrected chi connectivity index (χ4v) is 2.39. The van der Waals surface area contributed by atoms with Crippen molar-refractivity contribution in [2.45, 2.75) is 4.90 Å². The Morgan fingerprint density at radius 3 is 2.47 bits per heavy atom. The molecule has 2 aromatic carbocycles. The highest BCUT2D eigenvalue weighted by Crippen LogP contribution is 2.21. The van der Waals surface area contributed by atoms with E-state index in [2.05, 4.69) is 6.07 Å². The van der Waals surface area contributed by atoms with Crippen LogP contribution in [-0.2, 0) is 0 Å². The standard InChI is InChI=1S/C15H17NO2S/c1-17-13-5-7-14(8-6-13)18-9-10-19-15-4-2-3-12(16)11-15/h2-8,11H,9-10,16H2,1H3. The SMILES string of the molecule is COc1ccc(OCCSc2cccc(N)c2)cc1. The van der Waals surface area contributed by atoms with E-state index in [1.165, 1.54) is 4.90 Å². The van der Waals surface area contributed by atoms with Gasteiger partial charge in [0.25, 0.3) is 0 Å². The van der Waals surface area contributed by atoms with E-state index in [1.807, 2.05) is 42.5 Å². The van der Waals surface area contributed by atoms with Crippen LogP contribution in [0.4, 0.5) is 5.69 Å². The van der Waals surface area contributed by atoms with Crippen molar-refractivity contribution in [3.63, 3.8) is 0 Å². The third-order valence-corrected chi connectivity index (χ3v) is 3.50. The highest BCUT2D eigenvalue weighted by Gasteiger charge is 1.97. The van der Waals surface area contributed by atoms with Gasteiger partial charge >= 0.3 is 0 Å². The number of thioether (sulfide) groups is 1. The predicted octanol–water partition coefficient (Wildman–Crippen LogP) is 3.45. The van der Waals surface area contributed by atoms with E-state index in [4.69, 9.17) is 15.2 Å². The van der Waals surface area contributed by atoms with Gasteiger partial charge in [-0.05, 0) is 42.5 Å². The summed E-state index contributed by atoms with van der Waals surface area (Å²) >= 11 is 1.73. The van der Waals surface area contributed by atoms with Crippen LogP contribution in [0.1, 0.15) is 0 Å². The van der Waals surface area contributed by atoms with Gasteiger partial charge in [-0.25, -0.2) is 0 Å². The molecule has 0 radical (unpaired) electrons. The Balaban J connectivity index is 1.74. The molecule has 0 spiro atoms. The quantitative estimate of drug-likeness (QED) is 0.498. The van der Waals surface area contributed by atoms with Gasteiger partial charge in [-0.2, -0.15) is 0 Å². The maximum absolute atomic E-state index is 5.72. The van der Waals surface area contributed by atoms with Crippen LogP contribution in [0, 0.1) is 0 Å². The van der Waals surface area contributed by atoms with Crippen LogP contribution in [0.5, 0.6) is 11.5 Å². The van der Waals surface area contributed by atoms with E-state index in [0.717, 1.165) is 22.9 Å². The second-order valence-corrected chi connectivity index (χ2v) is 5.11. The van der Waals surface area contributed by atoms with E-state index in [0.29, 0.717) is 6.61 Å². The van der Waals surface area contributed by atoms with Crippen LogP contribution < -0.4 is 15.2 Å². The number of rotatable bonds is 6. The van der Waals surface area contributed by atoms with Crippen molar-refractivity contribution in [1.29, 1.82) is 0 Å². The number of methoxy groups -OCH3 is 1. The van der Waals surface area contributed by atoms with Gasteiger partial charge in [0.2, 0.25) is 0 Å². The summed E-state index contributed by atoms with van der Waals surface area (Å²) in [6.45, 7) is 0.659. The topological polar surface area (TPSA) is 44.5 Å². The lowest BCUT2D eigenvalue weighted by molar-refractivity contribution is 0.342. The van der Waals surface area contributed by atoms with Gasteiger partial charge in [0.15, 0.2) is 0 Å². The lowest BCUT2D eigenvalue weighted by Crippen LogP contribution is -2.00. The molecular formula is C15H17NO2S. The zero-order valence-electron chi connectivity index (χ0n) is 10.8. The van der Waals surface area contributed by atoms with Gasteiger partial charge in [0.1, 0.15) is 11.5 Å². The van der Waals surface area contributed by atoms with Gasteiger partial charge in [0.05, 0.1) is 13.7 Å². The van der Waals surface area contributed by atoms with Gasteiger partial charge in [0, 0.05) is 16.3 Å². The van der Waals surface area contributed by atoms with Crippen LogP contribution in [-0.4, -0.2) is 19.5 Å². The number of nitrogens with two attached hydrogens (primary N) is 1. The van der Waals surface area contributed by atoms with Crippen molar-refractivity contribution in [2.75, 3.05) is 25.2 Å². The number of nitrogen functional groups attached to an aromatic ring is 1. The molecule has 2 N–H and O–H groups in total. The molecule has 0 unspecified atom stereocenters. The van der Waals surface area contributed by atoms with Crippen molar-refractivity contribution in [3.8, 4) is 11.5 Å². The van der Waals surface area contributed by atoms with Crippen LogP contribution >= 0.6 is 11.8 Å². The molecule has 4 heteroatoms. The van der Waals surface area contributed by atoms with E-state index in [9.17, 15) is 0 Å². The first-order valence-electron chi connectivity index (χ1n) is 6.03. The fraction of sp³-hybridized carbons (Fsp3) is 0.200. The molecule has 0 bridgehead atoms. The molecule has 0 atom stereocenters. The lowest BCUT2D eigenvalue weighted by atomic mass is 10.3. The number of anilines is 1. The van der Waals surface area contributed by atoms with E-state index in [-0.39, 0.29) is 0 Å². The number of hydrogen-bond acceptors (Lipinski definition) is 4. The first-order chi connectivity index (χ1) is 9.28. The molecule has 0 aromatic heterocycles. The van der Waals surface area contributed by atoms with Crippen LogP contribution in [0.25, 0.3) is 0 Å². The average molecular weight is 275 g/mol. The molecular weight excluding hydrogens is 258 g/mol. The molecule has 3 nitrogen and oxygen atoms in total. The normalized spacial score (nSPS) is 10.2.